The highest BCUT2D eigenvalue weighted by Gasteiger charge is 2.05. The summed E-state index contributed by atoms with van der Waals surface area (Å²) in [5.74, 6) is -1.48. The summed E-state index contributed by atoms with van der Waals surface area (Å²) in [5.41, 5.74) is 0.939. The topological polar surface area (TPSA) is 70.5 Å². The predicted molar refractivity (Wildman–Crippen MR) is 57.5 cm³/mol. The fourth-order valence-electron chi connectivity index (χ4n) is 1.11. The SMILES string of the molecule is CN(Cc1ccncc1)C(=O)/C=C/C(=O)O. The van der Waals surface area contributed by atoms with Crippen LogP contribution in [0.15, 0.2) is 36.7 Å². The second-order valence-electron chi connectivity index (χ2n) is 3.22. The van der Waals surface area contributed by atoms with Gasteiger partial charge in [0.05, 0.1) is 0 Å². The van der Waals surface area contributed by atoms with Crippen LogP contribution in [0.3, 0.4) is 0 Å². The Bertz CT molecular complexity index is 401. The molecule has 1 aromatic heterocycles. The van der Waals surface area contributed by atoms with Crippen LogP contribution in [0, 0.1) is 0 Å². The highest BCUT2D eigenvalue weighted by molar-refractivity contribution is 5.93. The van der Waals surface area contributed by atoms with E-state index in [1.807, 2.05) is 0 Å². The molecule has 0 atom stereocenters. The summed E-state index contributed by atoms with van der Waals surface area (Å²) in [7, 11) is 1.61. The van der Waals surface area contributed by atoms with E-state index in [-0.39, 0.29) is 5.91 Å². The zero-order valence-corrected chi connectivity index (χ0v) is 8.83. The van der Waals surface area contributed by atoms with E-state index in [2.05, 4.69) is 4.98 Å². The molecule has 0 aromatic carbocycles. The number of carboxylic acids is 1. The van der Waals surface area contributed by atoms with Crippen LogP contribution in [0.1, 0.15) is 5.56 Å². The van der Waals surface area contributed by atoms with Gasteiger partial charge in [0.2, 0.25) is 5.91 Å². The second-order valence-corrected chi connectivity index (χ2v) is 3.22. The van der Waals surface area contributed by atoms with Gasteiger partial charge in [-0.2, -0.15) is 0 Å². The van der Waals surface area contributed by atoms with Gasteiger partial charge in [-0.1, -0.05) is 0 Å². The third kappa shape index (κ3) is 3.91. The minimum absolute atomic E-state index is 0.348. The first kappa shape index (κ1) is 11.9. The largest absolute Gasteiger partial charge is 0.478 e. The molecular weight excluding hydrogens is 208 g/mol. The monoisotopic (exact) mass is 220 g/mol. The van der Waals surface area contributed by atoms with Crippen LogP contribution >= 0.6 is 0 Å². The van der Waals surface area contributed by atoms with E-state index in [0.29, 0.717) is 6.54 Å². The lowest BCUT2D eigenvalue weighted by Gasteiger charge is -2.14. The normalized spacial score (nSPS) is 10.3. The molecule has 0 spiro atoms. The third-order valence-electron chi connectivity index (χ3n) is 1.91. The first-order valence-corrected chi connectivity index (χ1v) is 4.64. The number of carbonyl (C=O) groups is 2. The molecule has 5 nitrogen and oxygen atoms in total. The quantitative estimate of drug-likeness (QED) is 0.757. The average Bonchev–Trinajstić information content (AvgIpc) is 2.27. The summed E-state index contributed by atoms with van der Waals surface area (Å²) < 4.78 is 0. The molecule has 0 aliphatic carbocycles. The average molecular weight is 220 g/mol. The molecule has 0 fully saturated rings. The molecule has 84 valence electrons. The maximum Gasteiger partial charge on any atom is 0.328 e. The van der Waals surface area contributed by atoms with Crippen molar-refractivity contribution < 1.29 is 14.7 Å². The Labute approximate surface area is 93.0 Å². The van der Waals surface area contributed by atoms with Gasteiger partial charge < -0.3 is 10.0 Å². The van der Waals surface area contributed by atoms with E-state index in [0.717, 1.165) is 17.7 Å². The molecule has 1 N–H and O–H groups in total. The summed E-state index contributed by atoms with van der Waals surface area (Å²) >= 11 is 0. The predicted octanol–water partition coefficient (Wildman–Crippen LogP) is 0.681. The van der Waals surface area contributed by atoms with E-state index in [1.165, 1.54) is 4.90 Å². The number of carboxylic acid groups (broad SMARTS) is 1. The number of hydrogen-bond donors (Lipinski definition) is 1. The summed E-state index contributed by atoms with van der Waals surface area (Å²) in [6.07, 6.45) is 5.14. The van der Waals surface area contributed by atoms with Gasteiger partial charge in [0.1, 0.15) is 0 Å². The molecule has 16 heavy (non-hydrogen) atoms. The molecule has 1 aromatic rings. The van der Waals surface area contributed by atoms with E-state index in [1.54, 1.807) is 31.6 Å². The first-order valence-electron chi connectivity index (χ1n) is 4.64. The Kier molecular flexibility index (Phi) is 4.20. The van der Waals surface area contributed by atoms with Gasteiger partial charge in [-0.05, 0) is 17.7 Å². The molecule has 0 aliphatic rings. The lowest BCUT2D eigenvalue weighted by atomic mass is 10.2. The van der Waals surface area contributed by atoms with E-state index < -0.39 is 5.97 Å². The van der Waals surface area contributed by atoms with Crippen LogP contribution in [0.4, 0.5) is 0 Å². The lowest BCUT2D eigenvalue weighted by Crippen LogP contribution is -2.24. The summed E-state index contributed by atoms with van der Waals surface area (Å²) in [5, 5.41) is 8.37. The minimum Gasteiger partial charge on any atom is -0.478 e. The van der Waals surface area contributed by atoms with Crippen LogP contribution in [0.5, 0.6) is 0 Å². The molecule has 1 heterocycles. The van der Waals surface area contributed by atoms with Crippen molar-refractivity contribution in [1.29, 1.82) is 0 Å². The fourth-order valence-corrected chi connectivity index (χ4v) is 1.11. The van der Waals surface area contributed by atoms with Crippen LogP contribution in [0.2, 0.25) is 0 Å². The summed E-state index contributed by atoms with van der Waals surface area (Å²) in [4.78, 5) is 26.9. The number of likely N-dealkylation sites (N-methyl/N-ethyl adjacent to an activating group) is 1. The van der Waals surface area contributed by atoms with Crippen molar-refractivity contribution in [3.8, 4) is 0 Å². The number of aromatic nitrogens is 1. The van der Waals surface area contributed by atoms with Gasteiger partial charge in [-0.15, -0.1) is 0 Å². The molecule has 5 heteroatoms. The standard InChI is InChI=1S/C11H12N2O3/c1-13(10(14)2-3-11(15)16)8-9-4-6-12-7-5-9/h2-7H,8H2,1H3,(H,15,16)/b3-2+. The van der Waals surface area contributed by atoms with Crippen molar-refractivity contribution in [2.75, 3.05) is 7.05 Å². The summed E-state index contributed by atoms with van der Waals surface area (Å²) in [6, 6.07) is 3.59. The van der Waals surface area contributed by atoms with Gasteiger partial charge >= 0.3 is 5.97 Å². The Hall–Kier alpha value is -2.17. The van der Waals surface area contributed by atoms with Crippen molar-refractivity contribution >= 4 is 11.9 Å². The van der Waals surface area contributed by atoms with Crippen LogP contribution in [0.25, 0.3) is 0 Å². The molecule has 0 saturated heterocycles. The molecule has 1 amide bonds. The molecule has 0 radical (unpaired) electrons. The molecule has 0 aliphatic heterocycles. The number of carbonyl (C=O) groups excluding carboxylic acids is 1. The molecular formula is C11H12N2O3. The van der Waals surface area contributed by atoms with E-state index >= 15 is 0 Å². The maximum absolute atomic E-state index is 11.4. The highest BCUT2D eigenvalue weighted by atomic mass is 16.4. The second kappa shape index (κ2) is 5.65. The summed E-state index contributed by atoms with van der Waals surface area (Å²) in [6.45, 7) is 0.422. The fraction of sp³-hybridized carbons (Fsp3) is 0.182. The van der Waals surface area contributed by atoms with Crippen molar-refractivity contribution in [3.63, 3.8) is 0 Å². The smallest absolute Gasteiger partial charge is 0.328 e. The first-order chi connectivity index (χ1) is 7.59. The zero-order valence-electron chi connectivity index (χ0n) is 8.83. The van der Waals surface area contributed by atoms with Crippen molar-refractivity contribution in [2.24, 2.45) is 0 Å². The minimum atomic E-state index is -1.13. The van der Waals surface area contributed by atoms with Gasteiger partial charge in [-0.3, -0.25) is 9.78 Å². The van der Waals surface area contributed by atoms with Crippen LogP contribution in [-0.4, -0.2) is 33.9 Å². The van der Waals surface area contributed by atoms with Crippen molar-refractivity contribution in [2.45, 2.75) is 6.54 Å². The molecule has 0 bridgehead atoms. The van der Waals surface area contributed by atoms with Gasteiger partial charge in [0, 0.05) is 38.1 Å². The Morgan fingerprint density at radius 3 is 2.56 bits per heavy atom. The lowest BCUT2D eigenvalue weighted by molar-refractivity contribution is -0.132. The number of rotatable bonds is 4. The Morgan fingerprint density at radius 1 is 1.38 bits per heavy atom. The number of pyridine rings is 1. The third-order valence-corrected chi connectivity index (χ3v) is 1.91. The van der Waals surface area contributed by atoms with Crippen molar-refractivity contribution in [1.82, 2.24) is 9.88 Å². The highest BCUT2D eigenvalue weighted by Crippen LogP contribution is 2.01. The molecule has 0 unspecified atom stereocenters. The molecule has 0 saturated carbocycles. The zero-order chi connectivity index (χ0) is 12.0. The van der Waals surface area contributed by atoms with Crippen LogP contribution in [-0.2, 0) is 16.1 Å². The van der Waals surface area contributed by atoms with Gasteiger partial charge in [0.15, 0.2) is 0 Å². The number of nitrogens with zero attached hydrogens (tertiary/aromatic N) is 2. The van der Waals surface area contributed by atoms with E-state index in [9.17, 15) is 9.59 Å². The van der Waals surface area contributed by atoms with Gasteiger partial charge in [0.25, 0.3) is 0 Å². The number of aliphatic carboxylic acids is 1. The Morgan fingerprint density at radius 2 is 2.00 bits per heavy atom. The van der Waals surface area contributed by atoms with Gasteiger partial charge in [-0.25, -0.2) is 4.79 Å². The van der Waals surface area contributed by atoms with Crippen LogP contribution < -0.4 is 0 Å². The van der Waals surface area contributed by atoms with Crippen molar-refractivity contribution in [3.05, 3.63) is 42.2 Å². The van der Waals surface area contributed by atoms with E-state index in [4.69, 9.17) is 5.11 Å². The number of amides is 1. The molecule has 1 rings (SSSR count). The maximum atomic E-state index is 11.4. The number of hydrogen-bond acceptors (Lipinski definition) is 3. The Balaban J connectivity index is 2.56.